The molecular weight excluding hydrogens is 261 g/mol. The molecule has 0 saturated carbocycles. The van der Waals surface area contributed by atoms with Crippen molar-refractivity contribution in [3.8, 4) is 5.88 Å². The van der Waals surface area contributed by atoms with Crippen molar-refractivity contribution in [2.24, 2.45) is 0 Å². The maximum absolute atomic E-state index is 12.3. The molecule has 4 nitrogen and oxygen atoms in total. The maximum atomic E-state index is 12.3. The molecule has 0 bridgehead atoms. The van der Waals surface area contributed by atoms with Crippen LogP contribution in [0.1, 0.15) is 12.2 Å². The van der Waals surface area contributed by atoms with E-state index in [-0.39, 0.29) is 17.6 Å². The number of alkyl halides is 3. The van der Waals surface area contributed by atoms with Crippen LogP contribution in [0.3, 0.4) is 0 Å². The van der Waals surface area contributed by atoms with E-state index in [0.717, 1.165) is 6.07 Å². The van der Waals surface area contributed by atoms with Crippen LogP contribution in [0.5, 0.6) is 5.88 Å². The highest BCUT2D eigenvalue weighted by molar-refractivity contribution is 6.29. The molecule has 0 saturated heterocycles. The van der Waals surface area contributed by atoms with E-state index in [4.69, 9.17) is 21.1 Å². The molecule has 0 N–H and O–H groups in total. The number of ether oxygens (including phenoxy) is 2. The first-order valence-electron chi connectivity index (χ1n) is 4.67. The lowest BCUT2D eigenvalue weighted by Gasteiger charge is -2.08. The number of hydrogen-bond acceptors (Lipinski definition) is 4. The fourth-order valence-corrected chi connectivity index (χ4v) is 1.15. The highest BCUT2D eigenvalue weighted by atomic mass is 35.5. The fourth-order valence-electron chi connectivity index (χ4n) is 0.978. The minimum absolute atomic E-state index is 0.193. The maximum Gasteiger partial charge on any atom is 0.451 e. The molecule has 17 heavy (non-hydrogen) atoms. The van der Waals surface area contributed by atoms with Gasteiger partial charge in [0.05, 0.1) is 6.61 Å². The molecule has 0 radical (unpaired) electrons. The van der Waals surface area contributed by atoms with Crippen LogP contribution in [0.2, 0.25) is 5.15 Å². The van der Waals surface area contributed by atoms with Crippen LogP contribution in [0.25, 0.3) is 0 Å². The molecule has 1 heterocycles. The van der Waals surface area contributed by atoms with E-state index in [0.29, 0.717) is 13.0 Å². The lowest BCUT2D eigenvalue weighted by molar-refractivity contribution is -0.145. The van der Waals surface area contributed by atoms with Crippen molar-refractivity contribution in [2.45, 2.75) is 12.6 Å². The molecule has 0 aromatic carbocycles. The Bertz CT molecular complexity index is 374. The third-order valence-corrected chi connectivity index (χ3v) is 1.86. The minimum Gasteiger partial charge on any atom is -0.477 e. The van der Waals surface area contributed by atoms with Crippen molar-refractivity contribution in [1.29, 1.82) is 0 Å². The lowest BCUT2D eigenvalue weighted by atomic mass is 10.5. The summed E-state index contributed by atoms with van der Waals surface area (Å²) in [6, 6.07) is 1.13. The molecular formula is C9H10ClF3N2O2. The van der Waals surface area contributed by atoms with Gasteiger partial charge in [-0.1, -0.05) is 11.6 Å². The Morgan fingerprint density at radius 1 is 1.29 bits per heavy atom. The quantitative estimate of drug-likeness (QED) is 0.609. The summed E-state index contributed by atoms with van der Waals surface area (Å²) in [5.41, 5.74) is 0. The molecule has 0 amide bonds. The highest BCUT2D eigenvalue weighted by Crippen LogP contribution is 2.28. The second kappa shape index (κ2) is 6.02. The molecule has 0 aliphatic carbocycles. The fraction of sp³-hybridized carbons (Fsp3) is 0.556. The predicted molar refractivity (Wildman–Crippen MR) is 54.0 cm³/mol. The van der Waals surface area contributed by atoms with Crippen molar-refractivity contribution >= 4 is 11.6 Å². The highest BCUT2D eigenvalue weighted by Gasteiger charge is 2.35. The van der Waals surface area contributed by atoms with E-state index in [9.17, 15) is 13.2 Å². The minimum atomic E-state index is -4.64. The van der Waals surface area contributed by atoms with E-state index in [1.165, 1.54) is 7.11 Å². The Morgan fingerprint density at radius 3 is 2.59 bits per heavy atom. The van der Waals surface area contributed by atoms with Gasteiger partial charge >= 0.3 is 6.18 Å². The van der Waals surface area contributed by atoms with Crippen LogP contribution < -0.4 is 4.74 Å². The molecule has 1 aromatic heterocycles. The Labute approximate surface area is 101 Å². The van der Waals surface area contributed by atoms with E-state index in [2.05, 4.69) is 9.97 Å². The molecule has 1 rings (SSSR count). The second-order valence-corrected chi connectivity index (χ2v) is 3.43. The zero-order chi connectivity index (χ0) is 12.9. The van der Waals surface area contributed by atoms with Gasteiger partial charge in [-0.05, 0) is 0 Å². The van der Waals surface area contributed by atoms with E-state index in [1.54, 1.807) is 0 Å². The van der Waals surface area contributed by atoms with Crippen LogP contribution in [-0.4, -0.2) is 30.3 Å². The van der Waals surface area contributed by atoms with Crippen LogP contribution >= 0.6 is 11.6 Å². The number of aromatic nitrogens is 2. The van der Waals surface area contributed by atoms with Crippen LogP contribution in [0.15, 0.2) is 6.07 Å². The van der Waals surface area contributed by atoms with Gasteiger partial charge < -0.3 is 9.47 Å². The van der Waals surface area contributed by atoms with Crippen molar-refractivity contribution < 1.29 is 22.6 Å². The Balaban J connectivity index is 2.69. The number of rotatable bonds is 5. The van der Waals surface area contributed by atoms with E-state index < -0.39 is 12.0 Å². The zero-order valence-electron chi connectivity index (χ0n) is 8.92. The molecule has 96 valence electrons. The van der Waals surface area contributed by atoms with E-state index in [1.807, 2.05) is 0 Å². The summed E-state index contributed by atoms with van der Waals surface area (Å²) in [4.78, 5) is 6.29. The summed E-state index contributed by atoms with van der Waals surface area (Å²) in [5, 5.41) is -0.311. The normalized spacial score (nSPS) is 11.6. The standard InChI is InChI=1S/C9H10ClF3N2O2/c1-16-3-2-4-17-7-5-6(10)14-8(15-7)9(11,12)13/h5H,2-4H2,1H3. The molecule has 8 heteroatoms. The first-order chi connectivity index (χ1) is 7.93. The Morgan fingerprint density at radius 2 is 2.00 bits per heavy atom. The Kier molecular flexibility index (Phi) is 4.95. The third-order valence-electron chi connectivity index (χ3n) is 1.67. The van der Waals surface area contributed by atoms with Gasteiger partial charge in [-0.2, -0.15) is 18.2 Å². The summed E-state index contributed by atoms with van der Waals surface area (Å²) >= 11 is 5.44. The largest absolute Gasteiger partial charge is 0.477 e. The van der Waals surface area contributed by atoms with Crippen LogP contribution in [-0.2, 0) is 10.9 Å². The number of nitrogens with zero attached hydrogens (tertiary/aromatic N) is 2. The summed E-state index contributed by atoms with van der Waals surface area (Å²) in [6.07, 6.45) is -4.10. The first-order valence-corrected chi connectivity index (χ1v) is 5.05. The van der Waals surface area contributed by atoms with Crippen molar-refractivity contribution in [2.75, 3.05) is 20.3 Å². The second-order valence-electron chi connectivity index (χ2n) is 3.05. The molecule has 0 atom stereocenters. The van der Waals surface area contributed by atoms with Gasteiger partial charge in [0.25, 0.3) is 0 Å². The zero-order valence-corrected chi connectivity index (χ0v) is 9.68. The molecule has 0 aliphatic rings. The smallest absolute Gasteiger partial charge is 0.451 e. The molecule has 0 aliphatic heterocycles. The summed E-state index contributed by atoms with van der Waals surface area (Å²) in [5.74, 6) is -1.51. The van der Waals surface area contributed by atoms with Gasteiger partial charge in [-0.25, -0.2) is 4.98 Å². The first kappa shape index (κ1) is 14.0. The summed E-state index contributed by atoms with van der Waals surface area (Å²) in [7, 11) is 1.52. The third kappa shape index (κ3) is 4.74. The van der Waals surface area contributed by atoms with Gasteiger partial charge in [0, 0.05) is 26.2 Å². The molecule has 0 unspecified atom stereocenters. The van der Waals surface area contributed by atoms with Gasteiger partial charge in [0.1, 0.15) is 5.15 Å². The van der Waals surface area contributed by atoms with Gasteiger partial charge in [0.15, 0.2) is 0 Å². The summed E-state index contributed by atoms with van der Waals surface area (Å²) < 4.78 is 46.8. The SMILES string of the molecule is COCCCOc1cc(Cl)nc(C(F)(F)F)n1. The number of hydrogen-bond donors (Lipinski definition) is 0. The van der Waals surface area contributed by atoms with E-state index >= 15 is 0 Å². The average Bonchev–Trinajstić information content (AvgIpc) is 2.22. The topological polar surface area (TPSA) is 44.2 Å². The van der Waals surface area contributed by atoms with Crippen molar-refractivity contribution in [1.82, 2.24) is 9.97 Å². The Hall–Kier alpha value is -1.08. The van der Waals surface area contributed by atoms with Gasteiger partial charge in [0.2, 0.25) is 11.7 Å². The summed E-state index contributed by atoms with van der Waals surface area (Å²) in [6.45, 7) is 0.642. The van der Waals surface area contributed by atoms with Crippen LogP contribution in [0, 0.1) is 0 Å². The average molecular weight is 271 g/mol. The lowest BCUT2D eigenvalue weighted by Crippen LogP contribution is -2.12. The number of halogens is 4. The number of methoxy groups -OCH3 is 1. The monoisotopic (exact) mass is 270 g/mol. The van der Waals surface area contributed by atoms with Crippen molar-refractivity contribution in [3.63, 3.8) is 0 Å². The van der Waals surface area contributed by atoms with Crippen LogP contribution in [0.4, 0.5) is 13.2 Å². The van der Waals surface area contributed by atoms with Crippen molar-refractivity contribution in [3.05, 3.63) is 17.0 Å². The molecule has 0 fully saturated rings. The predicted octanol–water partition coefficient (Wildman–Crippen LogP) is 2.56. The van der Waals surface area contributed by atoms with Gasteiger partial charge in [-0.15, -0.1) is 0 Å². The van der Waals surface area contributed by atoms with Gasteiger partial charge in [-0.3, -0.25) is 0 Å². The molecule has 1 aromatic rings. The molecule has 0 spiro atoms.